The van der Waals surface area contributed by atoms with E-state index in [4.69, 9.17) is 0 Å². The number of anilines is 1. The predicted octanol–water partition coefficient (Wildman–Crippen LogP) is 3.55. The Morgan fingerprint density at radius 3 is 2.37 bits per heavy atom. The Labute approximate surface area is 177 Å². The van der Waals surface area contributed by atoms with Crippen LogP contribution in [0.4, 0.5) is 11.4 Å². The number of benzene rings is 2. The lowest BCUT2D eigenvalue weighted by molar-refractivity contribution is -0.385. The van der Waals surface area contributed by atoms with Gasteiger partial charge in [-0.25, -0.2) is 8.42 Å². The number of carbonyl (C=O) groups excluding carboxylic acids is 1. The molecule has 30 heavy (non-hydrogen) atoms. The van der Waals surface area contributed by atoms with Crippen LogP contribution in [0.25, 0.3) is 0 Å². The number of carbonyl (C=O) groups is 1. The topological polar surface area (TPSA) is 110 Å². The number of amides is 1. The molecule has 2 aromatic rings. The second kappa shape index (κ2) is 9.25. The van der Waals surface area contributed by atoms with E-state index >= 15 is 0 Å². The molecule has 162 valence electrons. The average molecular weight is 434 g/mol. The van der Waals surface area contributed by atoms with Crippen molar-refractivity contribution < 1.29 is 18.1 Å². The molecule has 0 spiro atoms. The van der Waals surface area contributed by atoms with Gasteiger partial charge in [0.2, 0.25) is 15.9 Å². The maximum atomic E-state index is 12.7. The van der Waals surface area contributed by atoms with E-state index in [2.05, 4.69) is 5.32 Å². The molecule has 0 bridgehead atoms. The van der Waals surface area contributed by atoms with Crippen molar-refractivity contribution in [2.45, 2.75) is 40.2 Å². The molecule has 0 heterocycles. The second-order valence-corrected chi connectivity index (χ2v) is 9.23. The number of hydrogen-bond donors (Lipinski definition) is 1. The zero-order valence-electron chi connectivity index (χ0n) is 17.8. The Bertz CT molecular complexity index is 1070. The number of nitro benzene ring substituents is 1. The minimum absolute atomic E-state index is 0.112. The minimum atomic E-state index is -3.85. The van der Waals surface area contributed by atoms with Crippen molar-refractivity contribution in [1.29, 1.82) is 0 Å². The number of aryl methyl sites for hydroxylation is 2. The predicted molar refractivity (Wildman–Crippen MR) is 117 cm³/mol. The summed E-state index contributed by atoms with van der Waals surface area (Å²) in [6.45, 7) is 6.92. The molecule has 9 heteroatoms. The Hall–Kier alpha value is -2.94. The van der Waals surface area contributed by atoms with Crippen LogP contribution in [0.3, 0.4) is 0 Å². The Kier molecular flexibility index (Phi) is 7.20. The summed E-state index contributed by atoms with van der Waals surface area (Å²) < 4.78 is 25.7. The van der Waals surface area contributed by atoms with Gasteiger partial charge in [-0.15, -0.1) is 0 Å². The van der Waals surface area contributed by atoms with Crippen LogP contribution in [0, 0.1) is 30.9 Å². The molecule has 8 nitrogen and oxygen atoms in total. The molecule has 2 rings (SSSR count). The fraction of sp³-hybridized carbons (Fsp3) is 0.381. The quantitative estimate of drug-likeness (QED) is 0.506. The van der Waals surface area contributed by atoms with Gasteiger partial charge < -0.3 is 5.32 Å². The van der Waals surface area contributed by atoms with Gasteiger partial charge in [-0.2, -0.15) is 0 Å². The van der Waals surface area contributed by atoms with Gasteiger partial charge in [0.25, 0.3) is 5.69 Å². The highest BCUT2D eigenvalue weighted by molar-refractivity contribution is 7.92. The van der Waals surface area contributed by atoms with E-state index in [1.807, 2.05) is 39.0 Å². The molecule has 1 amide bonds. The highest BCUT2D eigenvalue weighted by Crippen LogP contribution is 2.29. The Balaban J connectivity index is 2.31. The molecule has 0 saturated carbocycles. The van der Waals surface area contributed by atoms with E-state index < -0.39 is 27.4 Å². The summed E-state index contributed by atoms with van der Waals surface area (Å²) in [6, 6.07) is 9.81. The summed E-state index contributed by atoms with van der Waals surface area (Å²) in [4.78, 5) is 23.4. The van der Waals surface area contributed by atoms with Gasteiger partial charge >= 0.3 is 0 Å². The molecule has 0 saturated heterocycles. The summed E-state index contributed by atoms with van der Waals surface area (Å²) in [5, 5.41) is 14.1. The number of nitrogens with zero attached hydrogens (tertiary/aromatic N) is 2. The zero-order valence-corrected chi connectivity index (χ0v) is 18.6. The van der Waals surface area contributed by atoms with Crippen LogP contribution < -0.4 is 9.62 Å². The van der Waals surface area contributed by atoms with Gasteiger partial charge in [0.15, 0.2) is 0 Å². The third-order valence-corrected chi connectivity index (χ3v) is 6.23. The summed E-state index contributed by atoms with van der Waals surface area (Å²) >= 11 is 0. The molecular weight excluding hydrogens is 406 g/mol. The molecule has 0 aliphatic rings. The van der Waals surface area contributed by atoms with Crippen LogP contribution in [0.2, 0.25) is 0 Å². The standard InChI is InChI=1S/C21H27N3O5S/c1-6-18(17-11-10-14(2)15(3)12-17)22-21(25)13-23(30(5,28)29)19-8-7-9-20(16(19)4)24(26)27/h7-12,18H,6,13H2,1-5H3,(H,22,25)/t18-/m0/s1. The molecule has 0 fully saturated rings. The fourth-order valence-electron chi connectivity index (χ4n) is 3.23. The van der Waals surface area contributed by atoms with Crippen LogP contribution >= 0.6 is 0 Å². The number of rotatable bonds is 8. The third kappa shape index (κ3) is 5.35. The van der Waals surface area contributed by atoms with Crippen LogP contribution in [-0.2, 0) is 14.8 Å². The minimum Gasteiger partial charge on any atom is -0.348 e. The molecule has 0 aliphatic carbocycles. The van der Waals surface area contributed by atoms with Crippen molar-refractivity contribution >= 4 is 27.3 Å². The first-order valence-corrected chi connectivity index (χ1v) is 11.4. The molecule has 0 aromatic heterocycles. The summed E-state index contributed by atoms with van der Waals surface area (Å²) in [7, 11) is -3.85. The van der Waals surface area contributed by atoms with E-state index in [1.165, 1.54) is 25.1 Å². The van der Waals surface area contributed by atoms with Crippen molar-refractivity contribution in [3.63, 3.8) is 0 Å². The van der Waals surface area contributed by atoms with Crippen molar-refractivity contribution in [2.75, 3.05) is 17.1 Å². The van der Waals surface area contributed by atoms with Crippen LogP contribution in [0.5, 0.6) is 0 Å². The van der Waals surface area contributed by atoms with Crippen molar-refractivity contribution in [2.24, 2.45) is 0 Å². The first-order valence-electron chi connectivity index (χ1n) is 9.54. The maximum absolute atomic E-state index is 12.7. The van der Waals surface area contributed by atoms with Gasteiger partial charge in [-0.05, 0) is 49.9 Å². The fourth-order valence-corrected chi connectivity index (χ4v) is 4.14. The van der Waals surface area contributed by atoms with Gasteiger partial charge in [-0.3, -0.25) is 19.2 Å². The maximum Gasteiger partial charge on any atom is 0.274 e. The third-order valence-electron chi connectivity index (χ3n) is 5.11. The van der Waals surface area contributed by atoms with Crippen LogP contribution in [0.1, 0.15) is 41.6 Å². The first kappa shape index (κ1) is 23.3. The summed E-state index contributed by atoms with van der Waals surface area (Å²) in [6.07, 6.45) is 1.60. The Morgan fingerprint density at radius 2 is 1.83 bits per heavy atom. The molecular formula is C21H27N3O5S. The number of sulfonamides is 1. The lowest BCUT2D eigenvalue weighted by Gasteiger charge is -2.25. The van der Waals surface area contributed by atoms with Gasteiger partial charge in [0.1, 0.15) is 6.54 Å². The average Bonchev–Trinajstić information content (AvgIpc) is 2.66. The number of nitrogens with one attached hydrogen (secondary N) is 1. The van der Waals surface area contributed by atoms with E-state index in [0.717, 1.165) is 27.3 Å². The number of nitro groups is 1. The van der Waals surface area contributed by atoms with Crippen LogP contribution in [0.15, 0.2) is 36.4 Å². The SMILES string of the molecule is CC[C@H](NC(=O)CN(c1cccc([N+](=O)[O-])c1C)S(C)(=O)=O)c1ccc(C)c(C)c1. The molecule has 2 aromatic carbocycles. The van der Waals surface area contributed by atoms with Crippen molar-refractivity contribution in [3.05, 3.63) is 68.8 Å². The van der Waals surface area contributed by atoms with Crippen molar-refractivity contribution in [1.82, 2.24) is 5.32 Å². The monoisotopic (exact) mass is 433 g/mol. The smallest absolute Gasteiger partial charge is 0.274 e. The zero-order chi connectivity index (χ0) is 22.6. The van der Waals surface area contributed by atoms with E-state index in [0.29, 0.717) is 6.42 Å². The van der Waals surface area contributed by atoms with E-state index in [-0.39, 0.29) is 23.0 Å². The van der Waals surface area contributed by atoms with Crippen molar-refractivity contribution in [3.8, 4) is 0 Å². The highest BCUT2D eigenvalue weighted by Gasteiger charge is 2.26. The molecule has 1 atom stereocenters. The second-order valence-electron chi connectivity index (χ2n) is 7.32. The lowest BCUT2D eigenvalue weighted by Crippen LogP contribution is -2.41. The van der Waals surface area contributed by atoms with E-state index in [1.54, 1.807) is 0 Å². The van der Waals surface area contributed by atoms with E-state index in [9.17, 15) is 23.3 Å². The molecule has 0 radical (unpaired) electrons. The molecule has 0 aliphatic heterocycles. The van der Waals surface area contributed by atoms with Crippen LogP contribution in [-0.4, -0.2) is 32.0 Å². The van der Waals surface area contributed by atoms with Gasteiger partial charge in [0, 0.05) is 6.07 Å². The number of hydrogen-bond acceptors (Lipinski definition) is 5. The van der Waals surface area contributed by atoms with Gasteiger partial charge in [0.05, 0.1) is 28.5 Å². The summed E-state index contributed by atoms with van der Waals surface area (Å²) in [5.41, 5.74) is 3.27. The van der Waals surface area contributed by atoms with Gasteiger partial charge in [-0.1, -0.05) is 31.2 Å². The summed E-state index contributed by atoms with van der Waals surface area (Å²) in [5.74, 6) is -0.489. The normalized spacial score (nSPS) is 12.3. The Morgan fingerprint density at radius 1 is 1.17 bits per heavy atom. The highest BCUT2D eigenvalue weighted by atomic mass is 32.2. The first-order chi connectivity index (χ1) is 14.0. The molecule has 0 unspecified atom stereocenters. The molecule has 1 N–H and O–H groups in total. The lowest BCUT2D eigenvalue weighted by atomic mass is 9.99. The largest absolute Gasteiger partial charge is 0.348 e.